The maximum absolute atomic E-state index is 12.6. The molecule has 5 nitrogen and oxygen atoms in total. The molecule has 1 aliphatic rings. The van der Waals surface area contributed by atoms with Crippen molar-refractivity contribution in [3.8, 4) is 5.69 Å². The minimum absolute atomic E-state index is 0.0713. The van der Waals surface area contributed by atoms with Gasteiger partial charge in [0.05, 0.1) is 5.69 Å². The minimum atomic E-state index is -0.0713. The van der Waals surface area contributed by atoms with E-state index in [-0.39, 0.29) is 11.6 Å². The van der Waals surface area contributed by atoms with Crippen molar-refractivity contribution in [3.63, 3.8) is 0 Å². The largest absolute Gasteiger partial charge is 0.350 e. The van der Waals surface area contributed by atoms with Crippen molar-refractivity contribution >= 4 is 0 Å². The molecular weight excluding hydrogens is 300 g/mol. The van der Waals surface area contributed by atoms with Crippen molar-refractivity contribution < 1.29 is 0 Å². The Labute approximate surface area is 143 Å². The van der Waals surface area contributed by atoms with Gasteiger partial charge < -0.3 is 0 Å². The summed E-state index contributed by atoms with van der Waals surface area (Å²) in [5, 5.41) is 4.57. The third-order valence-corrected chi connectivity index (χ3v) is 4.80. The predicted octanol–water partition coefficient (Wildman–Crippen LogP) is 2.72. The summed E-state index contributed by atoms with van der Waals surface area (Å²) < 4.78 is 3.23. The van der Waals surface area contributed by atoms with Gasteiger partial charge in [0, 0.05) is 26.1 Å². The molecule has 0 radical (unpaired) electrons. The maximum atomic E-state index is 12.6. The van der Waals surface area contributed by atoms with Crippen LogP contribution in [0.15, 0.2) is 46.8 Å². The second-order valence-electron chi connectivity index (χ2n) is 6.64. The van der Waals surface area contributed by atoms with Crippen LogP contribution in [0.3, 0.4) is 0 Å². The Balaban J connectivity index is 1.92. The number of piperidine rings is 1. The highest BCUT2D eigenvalue weighted by Gasteiger charge is 2.27. The van der Waals surface area contributed by atoms with Crippen molar-refractivity contribution in [2.24, 2.45) is 7.05 Å². The Morgan fingerprint density at radius 3 is 2.79 bits per heavy atom. The summed E-state index contributed by atoms with van der Waals surface area (Å²) in [6.07, 6.45) is 4.39. The highest BCUT2D eigenvalue weighted by Crippen LogP contribution is 2.26. The van der Waals surface area contributed by atoms with Crippen LogP contribution >= 0.6 is 0 Å². The first-order valence-corrected chi connectivity index (χ1v) is 8.65. The van der Waals surface area contributed by atoms with Crippen molar-refractivity contribution in [3.05, 3.63) is 58.3 Å². The molecule has 1 aliphatic heterocycles. The zero-order chi connectivity index (χ0) is 17.1. The Morgan fingerprint density at radius 2 is 2.08 bits per heavy atom. The smallest absolute Gasteiger partial charge is 0.299 e. The molecule has 0 spiro atoms. The molecule has 0 aliphatic carbocycles. The molecule has 1 fully saturated rings. The SMILES string of the molecule is CC=C(C)CN1CCCC(c2nn(C)c(=O)n2-c2ccccc2)C1. The number of benzene rings is 1. The van der Waals surface area contributed by atoms with Crippen LogP contribution in [-0.2, 0) is 7.05 Å². The van der Waals surface area contributed by atoms with E-state index in [4.69, 9.17) is 0 Å². The fraction of sp³-hybridized carbons (Fsp3) is 0.474. The molecule has 0 N–H and O–H groups in total. The molecule has 0 saturated carbocycles. The van der Waals surface area contributed by atoms with Gasteiger partial charge in [-0.15, -0.1) is 0 Å². The molecule has 3 rings (SSSR count). The van der Waals surface area contributed by atoms with E-state index in [1.807, 2.05) is 30.3 Å². The van der Waals surface area contributed by atoms with E-state index < -0.39 is 0 Å². The molecule has 2 heterocycles. The Hall–Kier alpha value is -2.14. The number of hydrogen-bond acceptors (Lipinski definition) is 3. The van der Waals surface area contributed by atoms with Gasteiger partial charge in [-0.1, -0.05) is 29.8 Å². The normalized spacial score (nSPS) is 19.6. The molecule has 5 heteroatoms. The molecule has 1 aromatic heterocycles. The summed E-state index contributed by atoms with van der Waals surface area (Å²) >= 11 is 0. The predicted molar refractivity (Wildman–Crippen MR) is 96.7 cm³/mol. The lowest BCUT2D eigenvalue weighted by molar-refractivity contribution is 0.218. The Bertz CT molecular complexity index is 772. The third-order valence-electron chi connectivity index (χ3n) is 4.80. The second kappa shape index (κ2) is 7.18. The Kier molecular flexibility index (Phi) is 5.00. The molecule has 1 unspecified atom stereocenters. The summed E-state index contributed by atoms with van der Waals surface area (Å²) in [7, 11) is 1.73. The first-order chi connectivity index (χ1) is 11.6. The van der Waals surface area contributed by atoms with E-state index in [0.29, 0.717) is 0 Å². The quantitative estimate of drug-likeness (QED) is 0.812. The van der Waals surface area contributed by atoms with E-state index >= 15 is 0 Å². The molecule has 0 amide bonds. The van der Waals surface area contributed by atoms with Crippen LogP contribution in [0.25, 0.3) is 5.69 Å². The lowest BCUT2D eigenvalue weighted by atomic mass is 9.96. The fourth-order valence-corrected chi connectivity index (χ4v) is 3.42. The van der Waals surface area contributed by atoms with Gasteiger partial charge in [0.25, 0.3) is 0 Å². The van der Waals surface area contributed by atoms with Crippen molar-refractivity contribution in [1.82, 2.24) is 19.2 Å². The zero-order valence-corrected chi connectivity index (χ0v) is 14.8. The first-order valence-electron chi connectivity index (χ1n) is 8.65. The highest BCUT2D eigenvalue weighted by molar-refractivity contribution is 5.33. The Morgan fingerprint density at radius 1 is 1.33 bits per heavy atom. The van der Waals surface area contributed by atoms with Crippen LogP contribution in [0, 0.1) is 0 Å². The number of rotatable bonds is 4. The van der Waals surface area contributed by atoms with Crippen molar-refractivity contribution in [1.29, 1.82) is 0 Å². The number of aromatic nitrogens is 3. The van der Waals surface area contributed by atoms with Gasteiger partial charge in [-0.2, -0.15) is 5.10 Å². The molecule has 0 bridgehead atoms. The number of allylic oxidation sites excluding steroid dienone is 1. The lowest BCUT2D eigenvalue weighted by Crippen LogP contribution is -2.36. The molecule has 1 saturated heterocycles. The van der Waals surface area contributed by atoms with Crippen LogP contribution < -0.4 is 5.69 Å². The number of nitrogens with zero attached hydrogens (tertiary/aromatic N) is 4. The van der Waals surface area contributed by atoms with E-state index in [0.717, 1.165) is 44.0 Å². The summed E-state index contributed by atoms with van der Waals surface area (Å²) in [5.74, 6) is 1.18. The number of hydrogen-bond donors (Lipinski definition) is 0. The molecule has 2 aromatic rings. The van der Waals surface area contributed by atoms with E-state index in [1.54, 1.807) is 11.6 Å². The van der Waals surface area contributed by atoms with Crippen molar-refractivity contribution in [2.45, 2.75) is 32.6 Å². The molecular formula is C19H26N4O. The summed E-state index contributed by atoms with van der Waals surface area (Å²) in [6.45, 7) is 7.32. The third kappa shape index (κ3) is 3.36. The van der Waals surface area contributed by atoms with Crippen LogP contribution in [0.2, 0.25) is 0 Å². The number of para-hydroxylation sites is 1. The summed E-state index contributed by atoms with van der Waals surface area (Å²) in [5.41, 5.74) is 2.21. The first kappa shape index (κ1) is 16.7. The summed E-state index contributed by atoms with van der Waals surface area (Å²) in [4.78, 5) is 15.0. The van der Waals surface area contributed by atoms with E-state index in [9.17, 15) is 4.79 Å². The van der Waals surface area contributed by atoms with Gasteiger partial charge in [0.15, 0.2) is 0 Å². The lowest BCUT2D eigenvalue weighted by Gasteiger charge is -2.32. The number of likely N-dealkylation sites (tertiary alicyclic amines) is 1. The standard InChI is InChI=1S/C19H26N4O/c1-4-15(2)13-22-12-8-9-16(14-22)18-20-21(3)19(24)23(18)17-10-6-5-7-11-17/h4-7,10-11,16H,8-9,12-14H2,1-3H3. The monoisotopic (exact) mass is 326 g/mol. The van der Waals surface area contributed by atoms with Gasteiger partial charge in [0.2, 0.25) is 0 Å². The highest BCUT2D eigenvalue weighted by atomic mass is 16.2. The van der Waals surface area contributed by atoms with Gasteiger partial charge in [-0.25, -0.2) is 14.0 Å². The average Bonchev–Trinajstić information content (AvgIpc) is 2.91. The second-order valence-corrected chi connectivity index (χ2v) is 6.64. The topological polar surface area (TPSA) is 43.1 Å². The molecule has 128 valence electrons. The number of aryl methyl sites for hydroxylation is 1. The van der Waals surface area contributed by atoms with Gasteiger partial charge in [0.1, 0.15) is 5.82 Å². The van der Waals surface area contributed by atoms with E-state index in [1.165, 1.54) is 10.3 Å². The average molecular weight is 326 g/mol. The van der Waals surface area contributed by atoms with E-state index in [2.05, 4.69) is 29.9 Å². The fourth-order valence-electron chi connectivity index (χ4n) is 3.42. The van der Waals surface area contributed by atoms with Crippen LogP contribution in [-0.4, -0.2) is 38.9 Å². The zero-order valence-electron chi connectivity index (χ0n) is 14.8. The molecule has 24 heavy (non-hydrogen) atoms. The summed E-state index contributed by atoms with van der Waals surface area (Å²) in [6, 6.07) is 9.82. The van der Waals surface area contributed by atoms with Gasteiger partial charge in [-0.05, 0) is 45.4 Å². The van der Waals surface area contributed by atoms with Crippen molar-refractivity contribution in [2.75, 3.05) is 19.6 Å². The molecule has 1 atom stereocenters. The molecule has 1 aromatic carbocycles. The van der Waals surface area contributed by atoms with Crippen LogP contribution in [0.1, 0.15) is 38.4 Å². The van der Waals surface area contributed by atoms with Gasteiger partial charge >= 0.3 is 5.69 Å². The van der Waals surface area contributed by atoms with Gasteiger partial charge in [-0.3, -0.25) is 4.90 Å². The van der Waals surface area contributed by atoms with Crippen LogP contribution in [0.5, 0.6) is 0 Å². The van der Waals surface area contributed by atoms with Crippen LogP contribution in [0.4, 0.5) is 0 Å². The minimum Gasteiger partial charge on any atom is -0.299 e. The maximum Gasteiger partial charge on any atom is 0.350 e.